The van der Waals surface area contributed by atoms with E-state index in [-0.39, 0.29) is 51.0 Å². The Kier molecular flexibility index (Phi) is 5.05. The van der Waals surface area contributed by atoms with Crippen LogP contribution in [0.3, 0.4) is 0 Å². The maximum Gasteiger partial charge on any atom is 0.336 e. The first kappa shape index (κ1) is 20.9. The van der Waals surface area contributed by atoms with Crippen LogP contribution in [-0.4, -0.2) is 38.7 Å². The van der Waals surface area contributed by atoms with Crippen LogP contribution in [0.15, 0.2) is 42.7 Å². The number of phenols is 2. The minimum absolute atomic E-state index is 0.0406. The van der Waals surface area contributed by atoms with Gasteiger partial charge in [-0.15, -0.1) is 0 Å². The Morgan fingerprint density at radius 3 is 1.91 bits per heavy atom. The smallest absolute Gasteiger partial charge is 0.336 e. The van der Waals surface area contributed by atoms with Crippen LogP contribution in [0.2, 0.25) is 0 Å². The van der Waals surface area contributed by atoms with E-state index in [1.165, 1.54) is 52.7 Å². The summed E-state index contributed by atoms with van der Waals surface area (Å²) in [6, 6.07) is 5.25. The SMILES string of the molecule is COc1cc2c(-c3c(OC)c(O)c(OC)c4oc(=O)ccc34)cc(=O)oc2c(OC)c1O. The van der Waals surface area contributed by atoms with Gasteiger partial charge in [0.15, 0.2) is 22.7 Å². The lowest BCUT2D eigenvalue weighted by Crippen LogP contribution is -2.03. The molecule has 10 heteroatoms. The molecule has 32 heavy (non-hydrogen) atoms. The zero-order chi connectivity index (χ0) is 23.2. The molecule has 2 heterocycles. The lowest BCUT2D eigenvalue weighted by Gasteiger charge is -2.18. The number of hydrogen-bond acceptors (Lipinski definition) is 10. The first-order valence-corrected chi connectivity index (χ1v) is 9.19. The fourth-order valence-electron chi connectivity index (χ4n) is 3.67. The van der Waals surface area contributed by atoms with Crippen LogP contribution >= 0.6 is 0 Å². The summed E-state index contributed by atoms with van der Waals surface area (Å²) >= 11 is 0. The fourth-order valence-corrected chi connectivity index (χ4v) is 3.67. The summed E-state index contributed by atoms with van der Waals surface area (Å²) in [5, 5.41) is 21.8. The van der Waals surface area contributed by atoms with Crippen molar-refractivity contribution in [3.8, 4) is 45.6 Å². The van der Waals surface area contributed by atoms with E-state index in [2.05, 4.69) is 0 Å². The van der Waals surface area contributed by atoms with Gasteiger partial charge in [0, 0.05) is 34.0 Å². The fraction of sp³-hybridized carbons (Fsp3) is 0.182. The van der Waals surface area contributed by atoms with Crippen LogP contribution < -0.4 is 30.2 Å². The molecule has 166 valence electrons. The lowest BCUT2D eigenvalue weighted by molar-refractivity contribution is 0.338. The second-order valence-corrected chi connectivity index (χ2v) is 6.60. The molecule has 2 aromatic heterocycles. The van der Waals surface area contributed by atoms with Crippen molar-refractivity contribution in [3.63, 3.8) is 0 Å². The molecule has 0 saturated carbocycles. The van der Waals surface area contributed by atoms with Crippen molar-refractivity contribution in [1.82, 2.24) is 0 Å². The Bertz CT molecular complexity index is 1480. The summed E-state index contributed by atoms with van der Waals surface area (Å²) < 4.78 is 31.7. The van der Waals surface area contributed by atoms with E-state index < -0.39 is 17.0 Å². The number of phenolic OH excluding ortho intramolecular Hbond substituents is 2. The summed E-state index contributed by atoms with van der Waals surface area (Å²) in [6.07, 6.45) is 0. The number of rotatable bonds is 5. The summed E-state index contributed by atoms with van der Waals surface area (Å²) in [5.74, 6) is -1.02. The van der Waals surface area contributed by atoms with Crippen molar-refractivity contribution >= 4 is 21.9 Å². The monoisotopic (exact) mass is 442 g/mol. The summed E-state index contributed by atoms with van der Waals surface area (Å²) in [7, 11) is 5.27. The Morgan fingerprint density at radius 1 is 0.688 bits per heavy atom. The van der Waals surface area contributed by atoms with Gasteiger partial charge < -0.3 is 38.0 Å². The van der Waals surface area contributed by atoms with Crippen molar-refractivity contribution in [2.45, 2.75) is 0 Å². The molecule has 0 saturated heterocycles. The van der Waals surface area contributed by atoms with E-state index >= 15 is 0 Å². The van der Waals surface area contributed by atoms with Crippen LogP contribution in [0.5, 0.6) is 34.5 Å². The second kappa shape index (κ2) is 7.73. The second-order valence-electron chi connectivity index (χ2n) is 6.60. The topological polar surface area (TPSA) is 138 Å². The van der Waals surface area contributed by atoms with Crippen LogP contribution in [0.1, 0.15) is 0 Å². The molecule has 0 aliphatic carbocycles. The molecular formula is C22H18O10. The molecule has 0 fully saturated rings. The van der Waals surface area contributed by atoms with Crippen LogP contribution in [0, 0.1) is 0 Å². The third-order valence-corrected chi connectivity index (χ3v) is 5.00. The molecule has 4 aromatic rings. The van der Waals surface area contributed by atoms with Crippen molar-refractivity contribution < 1.29 is 38.0 Å². The van der Waals surface area contributed by atoms with Gasteiger partial charge in [-0.1, -0.05) is 0 Å². The maximum atomic E-state index is 12.5. The van der Waals surface area contributed by atoms with E-state index in [9.17, 15) is 19.8 Å². The van der Waals surface area contributed by atoms with Crippen molar-refractivity contribution in [2.75, 3.05) is 28.4 Å². The Hall–Kier alpha value is -4.34. The van der Waals surface area contributed by atoms with Gasteiger partial charge in [-0.25, -0.2) is 9.59 Å². The lowest BCUT2D eigenvalue weighted by atomic mass is 9.95. The molecule has 0 aliphatic heterocycles. The third kappa shape index (κ3) is 2.96. The van der Waals surface area contributed by atoms with Gasteiger partial charge in [-0.3, -0.25) is 0 Å². The Morgan fingerprint density at radius 2 is 1.28 bits per heavy atom. The molecule has 10 nitrogen and oxygen atoms in total. The minimum Gasteiger partial charge on any atom is -0.502 e. The first-order valence-electron chi connectivity index (χ1n) is 9.19. The molecule has 2 N–H and O–H groups in total. The molecule has 4 rings (SSSR count). The average molecular weight is 442 g/mol. The summed E-state index contributed by atoms with van der Waals surface area (Å²) in [5.41, 5.74) is -1.09. The van der Waals surface area contributed by atoms with Gasteiger partial charge in [0.1, 0.15) is 0 Å². The number of hydrogen-bond donors (Lipinski definition) is 2. The normalized spacial score (nSPS) is 11.0. The van der Waals surface area contributed by atoms with Gasteiger partial charge >= 0.3 is 11.3 Å². The van der Waals surface area contributed by atoms with Crippen molar-refractivity contribution in [1.29, 1.82) is 0 Å². The van der Waals surface area contributed by atoms with Gasteiger partial charge in [0.2, 0.25) is 23.0 Å². The van der Waals surface area contributed by atoms with Crippen LogP contribution in [0.4, 0.5) is 0 Å². The van der Waals surface area contributed by atoms with Gasteiger partial charge in [-0.05, 0) is 12.1 Å². The van der Waals surface area contributed by atoms with Crippen molar-refractivity contribution in [2.24, 2.45) is 0 Å². The van der Waals surface area contributed by atoms with E-state index in [1.54, 1.807) is 0 Å². The van der Waals surface area contributed by atoms with E-state index in [0.717, 1.165) is 0 Å². The van der Waals surface area contributed by atoms with Gasteiger partial charge in [-0.2, -0.15) is 0 Å². The molecule has 0 bridgehead atoms. The summed E-state index contributed by atoms with van der Waals surface area (Å²) in [4.78, 5) is 24.3. The van der Waals surface area contributed by atoms with Crippen molar-refractivity contribution in [3.05, 3.63) is 45.1 Å². The number of benzene rings is 2. The van der Waals surface area contributed by atoms with Crippen LogP contribution in [0.25, 0.3) is 33.1 Å². The zero-order valence-electron chi connectivity index (χ0n) is 17.5. The molecule has 0 radical (unpaired) electrons. The number of ether oxygens (including phenoxy) is 4. The molecule has 0 unspecified atom stereocenters. The predicted molar refractivity (Wildman–Crippen MR) is 113 cm³/mol. The highest BCUT2D eigenvalue weighted by atomic mass is 16.5. The quantitative estimate of drug-likeness (QED) is 0.444. The Balaban J connectivity index is 2.29. The largest absolute Gasteiger partial charge is 0.502 e. The molecule has 0 atom stereocenters. The zero-order valence-corrected chi connectivity index (χ0v) is 17.5. The standard InChI is InChI=1S/C22H18O10/c1-27-12-7-11-10(8-14(24)32-19(11)21(29-3)16(12)25)15-9-5-6-13(23)31-18(9)22(30-4)17(26)20(15)28-2/h5-8,25-26H,1-4H3. The summed E-state index contributed by atoms with van der Waals surface area (Å²) in [6.45, 7) is 0. The number of aromatic hydroxyl groups is 2. The van der Waals surface area contributed by atoms with Gasteiger partial charge in [0.05, 0.1) is 28.4 Å². The number of methoxy groups -OCH3 is 4. The van der Waals surface area contributed by atoms with Gasteiger partial charge in [0.25, 0.3) is 0 Å². The first-order chi connectivity index (χ1) is 15.4. The third-order valence-electron chi connectivity index (χ3n) is 5.00. The molecule has 0 spiro atoms. The van der Waals surface area contributed by atoms with E-state index in [4.69, 9.17) is 27.8 Å². The van der Waals surface area contributed by atoms with E-state index in [1.807, 2.05) is 0 Å². The highest BCUT2D eigenvalue weighted by Gasteiger charge is 2.27. The Labute approximate surface area is 179 Å². The molecule has 0 amide bonds. The highest BCUT2D eigenvalue weighted by molar-refractivity contribution is 6.09. The maximum absolute atomic E-state index is 12.5. The van der Waals surface area contributed by atoms with E-state index in [0.29, 0.717) is 10.8 Å². The predicted octanol–water partition coefficient (Wildman–Crippen LogP) is 3.01. The molecule has 0 aliphatic rings. The number of fused-ring (bicyclic) bond motifs is 2. The van der Waals surface area contributed by atoms with Crippen LogP contribution in [-0.2, 0) is 0 Å². The molecular weight excluding hydrogens is 424 g/mol. The average Bonchev–Trinajstić information content (AvgIpc) is 2.77. The highest BCUT2D eigenvalue weighted by Crippen LogP contribution is 2.52. The molecule has 2 aromatic carbocycles. The minimum atomic E-state index is -0.765.